The van der Waals surface area contributed by atoms with Crippen LogP contribution in [0.4, 0.5) is 0 Å². The lowest BCUT2D eigenvalue weighted by atomic mass is 9.88. The monoisotopic (exact) mass is 351 g/mol. The SMILES string of the molecule is CC(C)C(CO)NC(=O)C1=CC2=CC=C3CCC=CC3=C3NNC(=C23)C1. The zero-order valence-corrected chi connectivity index (χ0v) is 15.2. The number of carbonyl (C=O) groups excluding carboxylic acids is 1. The smallest absolute Gasteiger partial charge is 0.247 e. The highest BCUT2D eigenvalue weighted by Crippen LogP contribution is 2.40. The van der Waals surface area contributed by atoms with Crippen LogP contribution in [0.1, 0.15) is 33.1 Å². The summed E-state index contributed by atoms with van der Waals surface area (Å²) in [6, 6.07) is -0.232. The first-order chi connectivity index (χ1) is 12.6. The number of nitrogens with one attached hydrogen (secondary N) is 3. The number of amides is 1. The van der Waals surface area contributed by atoms with Gasteiger partial charge in [0.05, 0.1) is 18.3 Å². The lowest BCUT2D eigenvalue weighted by Gasteiger charge is -2.23. The number of fused-ring (bicyclic) bond motifs is 1. The molecule has 5 nitrogen and oxygen atoms in total. The van der Waals surface area contributed by atoms with Crippen molar-refractivity contribution in [3.05, 3.63) is 69.6 Å². The van der Waals surface area contributed by atoms with Gasteiger partial charge in [-0.15, -0.1) is 0 Å². The zero-order chi connectivity index (χ0) is 18.3. The van der Waals surface area contributed by atoms with E-state index in [4.69, 9.17) is 0 Å². The molecule has 0 aromatic heterocycles. The number of carbonyl (C=O) groups is 1. The molecular weight excluding hydrogens is 326 g/mol. The van der Waals surface area contributed by atoms with Crippen LogP contribution in [0, 0.1) is 5.92 Å². The van der Waals surface area contributed by atoms with Crippen molar-refractivity contribution in [1.29, 1.82) is 0 Å². The van der Waals surface area contributed by atoms with E-state index >= 15 is 0 Å². The van der Waals surface area contributed by atoms with Gasteiger partial charge < -0.3 is 15.8 Å². The summed E-state index contributed by atoms with van der Waals surface area (Å²) in [5.74, 6) is 0.0737. The van der Waals surface area contributed by atoms with Crippen molar-refractivity contribution in [2.75, 3.05) is 6.61 Å². The third-order valence-electron chi connectivity index (χ3n) is 5.43. The van der Waals surface area contributed by atoms with Crippen LogP contribution in [0.5, 0.6) is 0 Å². The molecule has 1 atom stereocenters. The Kier molecular flexibility index (Phi) is 4.32. The Morgan fingerprint density at radius 1 is 1.31 bits per heavy atom. The number of aliphatic hydroxyl groups is 1. The first-order valence-electron chi connectivity index (χ1n) is 9.28. The van der Waals surface area contributed by atoms with Crippen LogP contribution in [0.2, 0.25) is 0 Å². The summed E-state index contributed by atoms with van der Waals surface area (Å²) in [5.41, 5.74) is 14.2. The fraction of sp³-hybridized carbons (Fsp3) is 0.381. The summed E-state index contributed by atoms with van der Waals surface area (Å²) in [4.78, 5) is 12.7. The van der Waals surface area contributed by atoms with Gasteiger partial charge in [0, 0.05) is 28.8 Å². The lowest BCUT2D eigenvalue weighted by Crippen LogP contribution is -2.42. The number of hydrogen-bond donors (Lipinski definition) is 4. The largest absolute Gasteiger partial charge is 0.394 e. The van der Waals surface area contributed by atoms with E-state index in [-0.39, 0.29) is 24.5 Å². The molecule has 4 rings (SSSR count). The molecule has 136 valence electrons. The molecule has 0 aromatic carbocycles. The minimum atomic E-state index is -0.232. The molecule has 3 aliphatic carbocycles. The van der Waals surface area contributed by atoms with Gasteiger partial charge in [-0.2, -0.15) is 0 Å². The van der Waals surface area contributed by atoms with Gasteiger partial charge in [0.25, 0.3) is 0 Å². The topological polar surface area (TPSA) is 73.4 Å². The maximum absolute atomic E-state index is 12.7. The van der Waals surface area contributed by atoms with E-state index in [9.17, 15) is 9.90 Å². The number of rotatable bonds is 4. The quantitative estimate of drug-likeness (QED) is 0.627. The summed E-state index contributed by atoms with van der Waals surface area (Å²) in [6.45, 7) is 3.93. The second kappa shape index (κ2) is 6.65. The molecule has 0 radical (unpaired) electrons. The molecular formula is C21H25N3O2. The van der Waals surface area contributed by atoms with Crippen molar-refractivity contribution in [3.8, 4) is 0 Å². The van der Waals surface area contributed by atoms with Gasteiger partial charge in [0.2, 0.25) is 5.91 Å². The van der Waals surface area contributed by atoms with Gasteiger partial charge in [-0.1, -0.05) is 38.2 Å². The van der Waals surface area contributed by atoms with Crippen LogP contribution in [0.3, 0.4) is 0 Å². The van der Waals surface area contributed by atoms with E-state index < -0.39 is 0 Å². The minimum Gasteiger partial charge on any atom is -0.394 e. The molecule has 1 amide bonds. The number of allylic oxidation sites excluding steroid dienone is 9. The second-order valence-electron chi connectivity index (χ2n) is 7.50. The van der Waals surface area contributed by atoms with Crippen LogP contribution >= 0.6 is 0 Å². The Morgan fingerprint density at radius 3 is 2.92 bits per heavy atom. The van der Waals surface area contributed by atoms with E-state index in [0.717, 1.165) is 35.4 Å². The highest BCUT2D eigenvalue weighted by atomic mass is 16.3. The van der Waals surface area contributed by atoms with Crippen LogP contribution < -0.4 is 16.2 Å². The van der Waals surface area contributed by atoms with E-state index in [0.29, 0.717) is 12.0 Å². The third kappa shape index (κ3) is 2.82. The number of hydrazine groups is 1. The Bertz CT molecular complexity index is 837. The van der Waals surface area contributed by atoms with Crippen LogP contribution in [0.15, 0.2) is 69.6 Å². The van der Waals surface area contributed by atoms with Crippen molar-refractivity contribution in [2.24, 2.45) is 5.92 Å². The van der Waals surface area contributed by atoms with E-state index in [1.807, 2.05) is 19.9 Å². The van der Waals surface area contributed by atoms with Gasteiger partial charge >= 0.3 is 0 Å². The normalized spacial score (nSPS) is 21.8. The maximum atomic E-state index is 12.7. The molecule has 0 saturated heterocycles. The molecule has 4 N–H and O–H groups in total. The van der Waals surface area contributed by atoms with Crippen molar-refractivity contribution in [3.63, 3.8) is 0 Å². The molecule has 26 heavy (non-hydrogen) atoms. The predicted molar refractivity (Wildman–Crippen MR) is 101 cm³/mol. The van der Waals surface area contributed by atoms with Crippen LogP contribution in [-0.4, -0.2) is 23.7 Å². The maximum Gasteiger partial charge on any atom is 0.247 e. The van der Waals surface area contributed by atoms with Crippen molar-refractivity contribution >= 4 is 5.91 Å². The van der Waals surface area contributed by atoms with E-state index in [1.54, 1.807) is 0 Å². The molecule has 5 heteroatoms. The summed E-state index contributed by atoms with van der Waals surface area (Å²) in [6.07, 6.45) is 13.3. The van der Waals surface area contributed by atoms with Crippen molar-refractivity contribution in [2.45, 2.75) is 39.2 Å². The van der Waals surface area contributed by atoms with Crippen molar-refractivity contribution < 1.29 is 9.90 Å². The van der Waals surface area contributed by atoms with Crippen LogP contribution in [0.25, 0.3) is 0 Å². The van der Waals surface area contributed by atoms with Crippen LogP contribution in [-0.2, 0) is 4.79 Å². The third-order valence-corrected chi connectivity index (χ3v) is 5.43. The summed E-state index contributed by atoms with van der Waals surface area (Å²) in [7, 11) is 0. The molecule has 1 unspecified atom stereocenters. The fourth-order valence-corrected chi connectivity index (χ4v) is 3.82. The Balaban J connectivity index is 1.66. The van der Waals surface area contributed by atoms with Crippen molar-refractivity contribution in [1.82, 2.24) is 16.2 Å². The van der Waals surface area contributed by atoms with Gasteiger partial charge in [-0.25, -0.2) is 0 Å². The first kappa shape index (κ1) is 16.9. The Morgan fingerprint density at radius 2 is 2.15 bits per heavy atom. The molecule has 1 heterocycles. The van der Waals surface area contributed by atoms with Gasteiger partial charge in [0.1, 0.15) is 0 Å². The molecule has 0 fully saturated rings. The number of hydrogen-bond acceptors (Lipinski definition) is 4. The summed E-state index contributed by atoms with van der Waals surface area (Å²) < 4.78 is 0. The lowest BCUT2D eigenvalue weighted by molar-refractivity contribution is -0.118. The Labute approximate surface area is 153 Å². The average Bonchev–Trinajstić information content (AvgIpc) is 3.00. The molecule has 4 aliphatic rings. The number of aliphatic hydroxyl groups excluding tert-OH is 1. The molecule has 1 aliphatic heterocycles. The Hall–Kier alpha value is -2.53. The van der Waals surface area contributed by atoms with Gasteiger partial charge in [-0.05, 0) is 36.0 Å². The first-order valence-corrected chi connectivity index (χ1v) is 9.28. The summed E-state index contributed by atoms with van der Waals surface area (Å²) >= 11 is 0. The van der Waals surface area contributed by atoms with E-state index in [2.05, 4.69) is 40.5 Å². The van der Waals surface area contributed by atoms with E-state index in [1.165, 1.54) is 11.1 Å². The molecule has 0 spiro atoms. The summed E-state index contributed by atoms with van der Waals surface area (Å²) in [5, 5.41) is 12.5. The standard InChI is InChI=1S/C21H25N3O2/c1-12(2)18(11-25)22-21(26)15-9-14-8-7-13-5-3-4-6-16(13)20-19(14)17(10-15)23-24-20/h4,6-9,12,18,23-25H,3,5,10-11H2,1-2H3,(H,22,26). The molecule has 0 saturated carbocycles. The molecule has 0 aromatic rings. The fourth-order valence-electron chi connectivity index (χ4n) is 3.82. The predicted octanol–water partition coefficient (Wildman–Crippen LogP) is 2.28. The van der Waals surface area contributed by atoms with Gasteiger partial charge in [-0.3, -0.25) is 10.2 Å². The average molecular weight is 351 g/mol. The second-order valence-corrected chi connectivity index (χ2v) is 7.50. The minimum absolute atomic E-state index is 0.0538. The van der Waals surface area contributed by atoms with Gasteiger partial charge in [0.15, 0.2) is 0 Å². The highest BCUT2D eigenvalue weighted by Gasteiger charge is 2.32. The highest BCUT2D eigenvalue weighted by molar-refractivity contribution is 5.96. The molecule has 0 bridgehead atoms. The zero-order valence-electron chi connectivity index (χ0n) is 15.2.